The number of nitrogens with zero attached hydrogens (tertiary/aromatic N) is 3. The summed E-state index contributed by atoms with van der Waals surface area (Å²) in [6.07, 6.45) is 2.06. The first-order valence-electron chi connectivity index (χ1n) is 9.77. The Kier molecular flexibility index (Phi) is 7.73. The Balaban J connectivity index is 1.67. The minimum atomic E-state index is -1.67. The maximum Gasteiger partial charge on any atom is 0.244 e. The second-order valence-corrected chi connectivity index (χ2v) is 9.18. The van der Waals surface area contributed by atoms with Crippen molar-refractivity contribution in [1.82, 2.24) is 14.9 Å². The number of thioether (sulfide) groups is 1. The average molecular weight is 483 g/mol. The molecule has 6 nitrogen and oxygen atoms in total. The summed E-state index contributed by atoms with van der Waals surface area (Å²) in [6, 6.07) is 1.65. The highest BCUT2D eigenvalue weighted by atomic mass is 32.2. The van der Waals surface area contributed by atoms with Crippen molar-refractivity contribution >= 4 is 50.8 Å². The monoisotopic (exact) mass is 482 g/mol. The lowest BCUT2D eigenvalue weighted by atomic mass is 10.2. The van der Waals surface area contributed by atoms with Gasteiger partial charge in [-0.2, -0.15) is 0 Å². The Hall–Kier alpha value is -2.66. The number of aryl methyl sites for hydroxylation is 2. The third-order valence-corrected chi connectivity index (χ3v) is 6.84. The lowest BCUT2D eigenvalue weighted by molar-refractivity contribution is -0.132. The molecule has 0 unspecified atom stereocenters. The lowest BCUT2D eigenvalue weighted by Gasteiger charge is -2.21. The minimum Gasteiger partial charge on any atom is -0.333 e. The number of halogens is 3. The fourth-order valence-corrected chi connectivity index (χ4v) is 5.05. The highest BCUT2D eigenvalue weighted by Crippen LogP contribution is 2.34. The smallest absolute Gasteiger partial charge is 0.244 e. The van der Waals surface area contributed by atoms with Crippen molar-refractivity contribution in [1.29, 1.82) is 0 Å². The lowest BCUT2D eigenvalue weighted by Crippen LogP contribution is -2.39. The van der Waals surface area contributed by atoms with Crippen LogP contribution in [-0.2, 0) is 9.59 Å². The van der Waals surface area contributed by atoms with Crippen LogP contribution >= 0.6 is 23.1 Å². The number of fused-ring (bicyclic) bond motifs is 1. The summed E-state index contributed by atoms with van der Waals surface area (Å²) in [5.74, 6) is -5.47. The topological polar surface area (TPSA) is 75.2 Å². The Bertz CT molecular complexity index is 1170. The predicted molar refractivity (Wildman–Crippen MR) is 119 cm³/mol. The molecule has 0 aliphatic rings. The number of hydrogen-bond donors (Lipinski definition) is 1. The molecule has 0 aliphatic carbocycles. The van der Waals surface area contributed by atoms with Gasteiger partial charge in [-0.3, -0.25) is 9.59 Å². The van der Waals surface area contributed by atoms with Crippen LogP contribution in [0.2, 0.25) is 0 Å². The van der Waals surface area contributed by atoms with Gasteiger partial charge in [0.05, 0.1) is 18.0 Å². The molecule has 3 aromatic rings. The molecule has 11 heteroatoms. The summed E-state index contributed by atoms with van der Waals surface area (Å²) in [5, 5.41) is 3.80. The largest absolute Gasteiger partial charge is 0.333 e. The number of rotatable bonds is 8. The van der Waals surface area contributed by atoms with E-state index in [1.165, 1.54) is 23.0 Å². The quantitative estimate of drug-likeness (QED) is 0.286. The van der Waals surface area contributed by atoms with Crippen LogP contribution in [0.25, 0.3) is 10.2 Å². The molecule has 2 heterocycles. The number of anilines is 1. The Labute approximate surface area is 191 Å². The molecule has 2 amide bonds. The SMILES string of the molecule is CCCN(CC(=O)Nc1ccc(F)c(F)c1F)C(=O)CSc1ncnc2sc(C)c(C)c12. The summed E-state index contributed by atoms with van der Waals surface area (Å²) in [6.45, 7) is 5.79. The highest BCUT2D eigenvalue weighted by molar-refractivity contribution is 8.00. The third kappa shape index (κ3) is 5.21. The molecule has 1 aromatic carbocycles. The number of carbonyl (C=O) groups is 2. The van der Waals surface area contributed by atoms with Gasteiger partial charge in [-0.05, 0) is 38.0 Å². The van der Waals surface area contributed by atoms with E-state index >= 15 is 0 Å². The van der Waals surface area contributed by atoms with Crippen LogP contribution in [0, 0.1) is 31.3 Å². The first kappa shape index (κ1) is 24.0. The molecule has 0 saturated carbocycles. The van der Waals surface area contributed by atoms with Crippen molar-refractivity contribution in [3.63, 3.8) is 0 Å². The average Bonchev–Trinajstić information content (AvgIpc) is 3.06. The predicted octanol–water partition coefficient (Wildman–Crippen LogP) is 4.69. The molecule has 0 bridgehead atoms. The first-order valence-corrected chi connectivity index (χ1v) is 11.6. The number of thiophene rings is 1. The van der Waals surface area contributed by atoms with Crippen molar-refractivity contribution in [2.24, 2.45) is 0 Å². The van der Waals surface area contributed by atoms with Gasteiger partial charge in [-0.15, -0.1) is 11.3 Å². The van der Waals surface area contributed by atoms with E-state index in [0.717, 1.165) is 32.8 Å². The van der Waals surface area contributed by atoms with Crippen LogP contribution in [0.1, 0.15) is 23.8 Å². The number of aromatic nitrogens is 2. The molecule has 3 rings (SSSR count). The van der Waals surface area contributed by atoms with E-state index in [1.54, 1.807) is 11.3 Å². The summed E-state index contributed by atoms with van der Waals surface area (Å²) in [4.78, 5) is 37.0. The molecule has 0 saturated heterocycles. The van der Waals surface area contributed by atoms with Gasteiger partial charge < -0.3 is 10.2 Å². The second kappa shape index (κ2) is 10.3. The highest BCUT2D eigenvalue weighted by Gasteiger charge is 2.21. The molecule has 0 radical (unpaired) electrons. The first-order chi connectivity index (χ1) is 15.2. The molecule has 0 atom stereocenters. The Morgan fingerprint density at radius 2 is 1.91 bits per heavy atom. The minimum absolute atomic E-state index is 0.0489. The zero-order valence-electron chi connectivity index (χ0n) is 17.7. The Morgan fingerprint density at radius 1 is 1.16 bits per heavy atom. The van der Waals surface area contributed by atoms with Gasteiger partial charge in [0.25, 0.3) is 0 Å². The third-order valence-electron chi connectivity index (χ3n) is 4.75. The second-order valence-electron chi connectivity index (χ2n) is 7.02. The molecule has 32 heavy (non-hydrogen) atoms. The maximum atomic E-state index is 13.8. The van der Waals surface area contributed by atoms with Gasteiger partial charge in [0.2, 0.25) is 11.8 Å². The van der Waals surface area contributed by atoms with Crippen LogP contribution in [0.3, 0.4) is 0 Å². The van der Waals surface area contributed by atoms with Crippen molar-refractivity contribution in [3.05, 3.63) is 46.4 Å². The van der Waals surface area contributed by atoms with Crippen LogP contribution in [-0.4, -0.2) is 45.5 Å². The van der Waals surface area contributed by atoms with Gasteiger partial charge in [-0.1, -0.05) is 18.7 Å². The Morgan fingerprint density at radius 3 is 2.62 bits per heavy atom. The summed E-state index contributed by atoms with van der Waals surface area (Å²) in [7, 11) is 0. The van der Waals surface area contributed by atoms with Crippen molar-refractivity contribution in [3.8, 4) is 0 Å². The maximum absolute atomic E-state index is 13.8. The number of hydrogen-bond acceptors (Lipinski definition) is 6. The number of carbonyl (C=O) groups excluding carboxylic acids is 2. The van der Waals surface area contributed by atoms with E-state index < -0.39 is 29.0 Å². The van der Waals surface area contributed by atoms with Crippen LogP contribution in [0.4, 0.5) is 18.9 Å². The van der Waals surface area contributed by atoms with Gasteiger partial charge in [-0.25, -0.2) is 23.1 Å². The number of nitrogens with one attached hydrogen (secondary N) is 1. The van der Waals surface area contributed by atoms with Gasteiger partial charge in [0.1, 0.15) is 16.2 Å². The van der Waals surface area contributed by atoms with Crippen molar-refractivity contribution in [2.75, 3.05) is 24.2 Å². The van der Waals surface area contributed by atoms with E-state index in [1.807, 2.05) is 20.8 Å². The fraction of sp³-hybridized carbons (Fsp3) is 0.333. The zero-order chi connectivity index (χ0) is 23.4. The van der Waals surface area contributed by atoms with Crippen LogP contribution in [0.5, 0.6) is 0 Å². The van der Waals surface area contributed by atoms with Gasteiger partial charge in [0, 0.05) is 16.8 Å². The fourth-order valence-electron chi connectivity index (χ4n) is 3.03. The molecule has 0 aliphatic heterocycles. The standard InChI is InChI=1S/C21H21F3N4O2S2/c1-4-7-28(8-15(29)27-14-6-5-13(22)18(23)19(14)24)16(30)9-31-20-17-11(2)12(3)32-21(17)26-10-25-20/h5-6,10H,4,7-9H2,1-3H3,(H,27,29). The molecule has 0 fully saturated rings. The molecule has 0 spiro atoms. The van der Waals surface area contributed by atoms with Gasteiger partial charge in [0.15, 0.2) is 17.5 Å². The zero-order valence-corrected chi connectivity index (χ0v) is 19.3. The molecule has 170 valence electrons. The van der Waals surface area contributed by atoms with Crippen molar-refractivity contribution < 1.29 is 22.8 Å². The summed E-state index contributed by atoms with van der Waals surface area (Å²) >= 11 is 2.82. The van der Waals surface area contributed by atoms with E-state index in [-0.39, 0.29) is 18.2 Å². The van der Waals surface area contributed by atoms with E-state index in [9.17, 15) is 22.8 Å². The molecular formula is C21H21F3N4O2S2. The normalized spacial score (nSPS) is 11.1. The van der Waals surface area contributed by atoms with Crippen LogP contribution < -0.4 is 5.32 Å². The molecular weight excluding hydrogens is 461 g/mol. The van der Waals surface area contributed by atoms with Crippen LogP contribution in [0.15, 0.2) is 23.5 Å². The van der Waals surface area contributed by atoms with Gasteiger partial charge >= 0.3 is 0 Å². The van der Waals surface area contributed by atoms with E-state index in [0.29, 0.717) is 18.0 Å². The summed E-state index contributed by atoms with van der Waals surface area (Å²) < 4.78 is 40.3. The summed E-state index contributed by atoms with van der Waals surface area (Å²) in [5.41, 5.74) is 0.581. The van der Waals surface area contributed by atoms with Crippen molar-refractivity contribution in [2.45, 2.75) is 32.2 Å². The van der Waals surface area contributed by atoms with E-state index in [4.69, 9.17) is 0 Å². The molecule has 1 N–H and O–H groups in total. The number of benzene rings is 1. The molecule has 2 aromatic heterocycles. The number of amides is 2. The van der Waals surface area contributed by atoms with E-state index in [2.05, 4.69) is 15.3 Å².